The molecule has 0 spiro atoms. The summed E-state index contributed by atoms with van der Waals surface area (Å²) in [6, 6.07) is 7.26. The van der Waals surface area contributed by atoms with Crippen LogP contribution in [-0.4, -0.2) is 31.3 Å². The Bertz CT molecular complexity index is 579. The van der Waals surface area contributed by atoms with Crippen molar-refractivity contribution >= 4 is 23.4 Å². The number of hydrogen-bond donors (Lipinski definition) is 2. The first-order chi connectivity index (χ1) is 8.87. The van der Waals surface area contributed by atoms with Gasteiger partial charge in [0.2, 0.25) is 5.16 Å². The number of rotatable bonds is 4. The summed E-state index contributed by atoms with van der Waals surface area (Å²) in [5, 5.41) is 18.9. The lowest BCUT2D eigenvalue weighted by molar-refractivity contribution is 0.107. The number of nitrogens with zero attached hydrogens (tertiary/aromatic N) is 3. The Balaban J connectivity index is 2.23. The summed E-state index contributed by atoms with van der Waals surface area (Å²) in [6.07, 6.45) is 0. The van der Waals surface area contributed by atoms with Gasteiger partial charge in [0.05, 0.1) is 5.60 Å². The zero-order chi connectivity index (χ0) is 14.0. The van der Waals surface area contributed by atoms with Crippen LogP contribution in [0.1, 0.15) is 13.8 Å². The molecule has 2 rings (SSSR count). The number of halogens is 1. The summed E-state index contributed by atoms with van der Waals surface area (Å²) in [4.78, 5) is 0. The highest BCUT2D eigenvalue weighted by atomic mass is 35.5. The summed E-state index contributed by atoms with van der Waals surface area (Å²) >= 11 is 7.29. The Hall–Kier alpha value is -1.24. The minimum absolute atomic E-state index is 0.484. The fraction of sp³-hybridized carbons (Fsp3) is 0.333. The lowest BCUT2D eigenvalue weighted by Gasteiger charge is -2.15. The normalized spacial score (nSPS) is 11.8. The van der Waals surface area contributed by atoms with Crippen LogP contribution in [0.25, 0.3) is 11.4 Å². The van der Waals surface area contributed by atoms with Crippen molar-refractivity contribution in [2.24, 2.45) is 0 Å². The summed E-state index contributed by atoms with van der Waals surface area (Å²) in [5.74, 6) is 6.99. The second kappa shape index (κ2) is 5.40. The molecule has 5 nitrogen and oxygen atoms in total. The molecule has 1 aromatic carbocycles. The Morgan fingerprint density at radius 3 is 2.79 bits per heavy atom. The average Bonchev–Trinajstić information content (AvgIpc) is 2.67. The zero-order valence-corrected chi connectivity index (χ0v) is 12.2. The van der Waals surface area contributed by atoms with Crippen LogP contribution in [0.5, 0.6) is 0 Å². The van der Waals surface area contributed by atoms with E-state index in [9.17, 15) is 5.11 Å². The van der Waals surface area contributed by atoms with Crippen LogP contribution in [0, 0.1) is 0 Å². The van der Waals surface area contributed by atoms with Crippen LogP contribution in [0.2, 0.25) is 5.02 Å². The zero-order valence-electron chi connectivity index (χ0n) is 10.7. The number of aromatic nitrogens is 3. The topological polar surface area (TPSA) is 77.0 Å². The molecule has 0 bridgehead atoms. The van der Waals surface area contributed by atoms with Crippen molar-refractivity contribution in [3.8, 4) is 11.4 Å². The van der Waals surface area contributed by atoms with Crippen molar-refractivity contribution < 1.29 is 5.11 Å². The second-order valence-electron chi connectivity index (χ2n) is 4.79. The van der Waals surface area contributed by atoms with E-state index >= 15 is 0 Å². The van der Waals surface area contributed by atoms with Gasteiger partial charge in [-0.1, -0.05) is 35.5 Å². The highest BCUT2D eigenvalue weighted by molar-refractivity contribution is 7.99. The lowest BCUT2D eigenvalue weighted by Crippen LogP contribution is -2.22. The van der Waals surface area contributed by atoms with E-state index in [1.807, 2.05) is 12.1 Å². The highest BCUT2D eigenvalue weighted by Gasteiger charge is 2.17. The number of hydrogen-bond acceptors (Lipinski definition) is 5. The SMILES string of the molecule is CC(C)(O)CSc1nnc(-c2cccc(Cl)c2)n1N. The standard InChI is InChI=1S/C12H15ClN4OS/c1-12(2,18)7-19-11-16-15-10(17(11)14)8-4-3-5-9(13)6-8/h3-6,18H,7,14H2,1-2H3. The molecule has 0 atom stereocenters. The van der Waals surface area contributed by atoms with Crippen LogP contribution in [0.15, 0.2) is 29.4 Å². The highest BCUT2D eigenvalue weighted by Crippen LogP contribution is 2.25. The van der Waals surface area contributed by atoms with Crippen LogP contribution in [-0.2, 0) is 0 Å². The maximum absolute atomic E-state index is 9.69. The van der Waals surface area contributed by atoms with E-state index in [4.69, 9.17) is 17.4 Å². The Morgan fingerprint density at radius 2 is 2.16 bits per heavy atom. The molecule has 102 valence electrons. The summed E-state index contributed by atoms with van der Waals surface area (Å²) in [7, 11) is 0. The average molecular weight is 299 g/mol. The fourth-order valence-corrected chi connectivity index (χ4v) is 2.44. The molecule has 0 aliphatic carbocycles. The van der Waals surface area contributed by atoms with Crippen LogP contribution in [0.3, 0.4) is 0 Å². The molecule has 3 N–H and O–H groups in total. The van der Waals surface area contributed by atoms with Gasteiger partial charge in [0, 0.05) is 16.3 Å². The summed E-state index contributed by atoms with van der Waals surface area (Å²) in [6.45, 7) is 3.46. The summed E-state index contributed by atoms with van der Waals surface area (Å²) in [5.41, 5.74) is 0.0185. The molecule has 0 unspecified atom stereocenters. The van der Waals surface area contributed by atoms with E-state index < -0.39 is 5.60 Å². The molecule has 0 fully saturated rings. The first-order valence-corrected chi connectivity index (χ1v) is 7.05. The smallest absolute Gasteiger partial charge is 0.210 e. The third kappa shape index (κ3) is 3.62. The monoisotopic (exact) mass is 298 g/mol. The van der Waals surface area contributed by atoms with E-state index in [0.717, 1.165) is 5.56 Å². The number of aliphatic hydroxyl groups is 1. The van der Waals surface area contributed by atoms with Crippen molar-refractivity contribution in [1.82, 2.24) is 14.9 Å². The minimum Gasteiger partial charge on any atom is -0.390 e. The van der Waals surface area contributed by atoms with Crippen molar-refractivity contribution in [2.75, 3.05) is 11.6 Å². The predicted octanol–water partition coefficient (Wildman–Crippen LogP) is 2.18. The van der Waals surface area contributed by atoms with Gasteiger partial charge >= 0.3 is 0 Å². The Kier molecular flexibility index (Phi) is 4.03. The van der Waals surface area contributed by atoms with Crippen LogP contribution >= 0.6 is 23.4 Å². The van der Waals surface area contributed by atoms with Gasteiger partial charge in [0.15, 0.2) is 5.82 Å². The van der Waals surface area contributed by atoms with Crippen LogP contribution < -0.4 is 5.84 Å². The van der Waals surface area contributed by atoms with E-state index in [0.29, 0.717) is 21.8 Å². The number of nitrogens with two attached hydrogens (primary N) is 1. The molecule has 0 aliphatic heterocycles. The van der Waals surface area contributed by atoms with Gasteiger partial charge in [-0.05, 0) is 26.0 Å². The first-order valence-electron chi connectivity index (χ1n) is 5.68. The van der Waals surface area contributed by atoms with Gasteiger partial charge in [-0.3, -0.25) is 0 Å². The minimum atomic E-state index is -0.785. The molecule has 0 aliphatic rings. The number of nitrogen functional groups attached to an aromatic ring is 1. The molecule has 0 saturated carbocycles. The molecule has 0 amide bonds. The largest absolute Gasteiger partial charge is 0.390 e. The quantitative estimate of drug-likeness (QED) is 0.668. The summed E-state index contributed by atoms with van der Waals surface area (Å²) < 4.78 is 1.40. The molecule has 0 radical (unpaired) electrons. The van der Waals surface area contributed by atoms with Crippen molar-refractivity contribution in [1.29, 1.82) is 0 Å². The Labute approximate surface area is 120 Å². The third-order valence-electron chi connectivity index (χ3n) is 2.30. The van der Waals surface area contributed by atoms with E-state index in [-0.39, 0.29) is 0 Å². The maximum atomic E-state index is 9.69. The molecule has 1 aromatic heterocycles. The van der Waals surface area contributed by atoms with E-state index in [1.54, 1.807) is 26.0 Å². The maximum Gasteiger partial charge on any atom is 0.210 e. The van der Waals surface area contributed by atoms with E-state index in [2.05, 4.69) is 10.2 Å². The molecule has 19 heavy (non-hydrogen) atoms. The third-order valence-corrected chi connectivity index (χ3v) is 3.92. The number of benzene rings is 1. The van der Waals surface area contributed by atoms with Gasteiger partial charge in [-0.15, -0.1) is 10.2 Å². The molecule has 2 aromatic rings. The van der Waals surface area contributed by atoms with Gasteiger partial charge < -0.3 is 10.9 Å². The Morgan fingerprint density at radius 1 is 1.42 bits per heavy atom. The molecule has 0 saturated heterocycles. The van der Waals surface area contributed by atoms with Crippen molar-refractivity contribution in [3.63, 3.8) is 0 Å². The first kappa shape index (κ1) is 14.2. The molecular weight excluding hydrogens is 284 g/mol. The van der Waals surface area contributed by atoms with Crippen LogP contribution in [0.4, 0.5) is 0 Å². The van der Waals surface area contributed by atoms with Gasteiger partial charge in [0.1, 0.15) is 0 Å². The van der Waals surface area contributed by atoms with Gasteiger partial charge in [-0.2, -0.15) is 0 Å². The van der Waals surface area contributed by atoms with Gasteiger partial charge in [0.25, 0.3) is 0 Å². The number of thioether (sulfide) groups is 1. The molecule has 7 heteroatoms. The molecule has 1 heterocycles. The molecular formula is C12H15ClN4OS. The lowest BCUT2D eigenvalue weighted by atomic mass is 10.2. The fourth-order valence-electron chi connectivity index (χ4n) is 1.44. The second-order valence-corrected chi connectivity index (χ2v) is 6.17. The van der Waals surface area contributed by atoms with Gasteiger partial charge in [-0.25, -0.2) is 4.68 Å². The van der Waals surface area contributed by atoms with Crippen molar-refractivity contribution in [2.45, 2.75) is 24.6 Å². The van der Waals surface area contributed by atoms with E-state index in [1.165, 1.54) is 16.4 Å². The predicted molar refractivity (Wildman–Crippen MR) is 77.6 cm³/mol. The van der Waals surface area contributed by atoms with Crippen molar-refractivity contribution in [3.05, 3.63) is 29.3 Å².